The molecule has 0 radical (unpaired) electrons. The smallest absolute Gasteiger partial charge is 0.325 e. The maximum atomic E-state index is 13.2. The molecule has 5 heteroatoms. The molecule has 1 unspecified atom stereocenters. The molecule has 20 heavy (non-hydrogen) atoms. The van der Waals surface area contributed by atoms with Crippen molar-refractivity contribution in [1.82, 2.24) is 0 Å². The molecule has 0 bridgehead atoms. The van der Waals surface area contributed by atoms with Gasteiger partial charge in [-0.15, -0.1) is 0 Å². The fourth-order valence-electron chi connectivity index (χ4n) is 1.91. The van der Waals surface area contributed by atoms with Gasteiger partial charge in [0.15, 0.2) is 0 Å². The Kier molecular flexibility index (Phi) is 5.95. The van der Waals surface area contributed by atoms with Gasteiger partial charge in [-0.25, -0.2) is 4.39 Å². The number of hydrogen-bond donors (Lipinski definition) is 1. The molecule has 0 fully saturated rings. The molecule has 0 aromatic heterocycles. The SMILES string of the molecule is CCOC(=O)C(C)(N)CCN(CC)c1cccc(F)c1. The summed E-state index contributed by atoms with van der Waals surface area (Å²) >= 11 is 0. The molecule has 2 N–H and O–H groups in total. The lowest BCUT2D eigenvalue weighted by Gasteiger charge is -2.28. The third kappa shape index (κ3) is 4.49. The maximum absolute atomic E-state index is 13.2. The normalized spacial score (nSPS) is 13.7. The number of rotatable bonds is 7. The van der Waals surface area contributed by atoms with Crippen LogP contribution >= 0.6 is 0 Å². The van der Waals surface area contributed by atoms with Crippen LogP contribution in [0.25, 0.3) is 0 Å². The van der Waals surface area contributed by atoms with Gasteiger partial charge in [0.25, 0.3) is 0 Å². The van der Waals surface area contributed by atoms with Crippen LogP contribution in [-0.4, -0.2) is 31.2 Å². The Morgan fingerprint density at radius 3 is 2.70 bits per heavy atom. The molecule has 0 aliphatic carbocycles. The van der Waals surface area contributed by atoms with Crippen LogP contribution in [0.1, 0.15) is 27.2 Å². The lowest BCUT2D eigenvalue weighted by Crippen LogP contribution is -2.48. The molecule has 0 saturated heterocycles. The van der Waals surface area contributed by atoms with Crippen molar-refractivity contribution in [2.45, 2.75) is 32.7 Å². The average molecular weight is 282 g/mol. The van der Waals surface area contributed by atoms with Crippen LogP contribution in [0, 0.1) is 5.82 Å². The third-order valence-electron chi connectivity index (χ3n) is 3.20. The summed E-state index contributed by atoms with van der Waals surface area (Å²) in [7, 11) is 0. The molecule has 1 aromatic rings. The van der Waals surface area contributed by atoms with Gasteiger partial charge in [-0.05, 0) is 45.4 Å². The molecule has 0 amide bonds. The minimum atomic E-state index is -1.03. The summed E-state index contributed by atoms with van der Waals surface area (Å²) in [5.74, 6) is -0.683. The topological polar surface area (TPSA) is 55.6 Å². The van der Waals surface area contributed by atoms with Crippen molar-refractivity contribution in [3.05, 3.63) is 30.1 Å². The summed E-state index contributed by atoms with van der Waals surface area (Å²) in [4.78, 5) is 13.7. The Balaban J connectivity index is 2.68. The highest BCUT2D eigenvalue weighted by Gasteiger charge is 2.30. The van der Waals surface area contributed by atoms with Crippen molar-refractivity contribution >= 4 is 11.7 Å². The molecule has 1 atom stereocenters. The van der Waals surface area contributed by atoms with Gasteiger partial charge in [-0.2, -0.15) is 0 Å². The summed E-state index contributed by atoms with van der Waals surface area (Å²) in [6, 6.07) is 6.38. The van der Waals surface area contributed by atoms with Crippen LogP contribution < -0.4 is 10.6 Å². The third-order valence-corrected chi connectivity index (χ3v) is 3.20. The van der Waals surface area contributed by atoms with E-state index in [9.17, 15) is 9.18 Å². The van der Waals surface area contributed by atoms with Crippen molar-refractivity contribution in [2.24, 2.45) is 5.73 Å². The predicted molar refractivity (Wildman–Crippen MR) is 78.1 cm³/mol. The van der Waals surface area contributed by atoms with Gasteiger partial charge >= 0.3 is 5.97 Å². The number of carbonyl (C=O) groups excluding carboxylic acids is 1. The molecule has 0 aliphatic heterocycles. The Labute approximate surface area is 119 Å². The molecule has 0 saturated carbocycles. The summed E-state index contributed by atoms with van der Waals surface area (Å²) in [5.41, 5.74) is 5.74. The van der Waals surface area contributed by atoms with E-state index in [2.05, 4.69) is 0 Å². The van der Waals surface area contributed by atoms with E-state index >= 15 is 0 Å². The first-order valence-corrected chi connectivity index (χ1v) is 6.87. The van der Waals surface area contributed by atoms with Crippen LogP contribution in [-0.2, 0) is 9.53 Å². The van der Waals surface area contributed by atoms with Crippen LogP contribution in [0.4, 0.5) is 10.1 Å². The van der Waals surface area contributed by atoms with Gasteiger partial charge in [-0.3, -0.25) is 4.79 Å². The van der Waals surface area contributed by atoms with Gasteiger partial charge in [0.05, 0.1) is 6.61 Å². The lowest BCUT2D eigenvalue weighted by atomic mass is 9.99. The number of esters is 1. The van der Waals surface area contributed by atoms with E-state index in [0.29, 0.717) is 26.1 Å². The molecule has 0 heterocycles. The summed E-state index contributed by atoms with van der Waals surface area (Å²) in [5, 5.41) is 0. The van der Waals surface area contributed by atoms with Gasteiger partial charge in [0.2, 0.25) is 0 Å². The standard InChI is InChI=1S/C15H23FN2O2/c1-4-18(13-8-6-7-12(16)11-13)10-9-15(3,17)14(19)20-5-2/h6-8,11H,4-5,9-10,17H2,1-3H3. The van der Waals surface area contributed by atoms with Gasteiger partial charge in [0, 0.05) is 18.8 Å². The second-order valence-electron chi connectivity index (χ2n) is 4.95. The van der Waals surface area contributed by atoms with E-state index in [1.807, 2.05) is 17.9 Å². The monoisotopic (exact) mass is 282 g/mol. The number of nitrogens with two attached hydrogens (primary N) is 1. The molecular weight excluding hydrogens is 259 g/mol. The van der Waals surface area contributed by atoms with Crippen LogP contribution in [0.15, 0.2) is 24.3 Å². The van der Waals surface area contributed by atoms with Gasteiger partial charge < -0.3 is 15.4 Å². The number of ether oxygens (including phenoxy) is 1. The number of halogens is 1. The van der Waals surface area contributed by atoms with Gasteiger partial charge in [-0.1, -0.05) is 6.07 Å². The summed E-state index contributed by atoms with van der Waals surface area (Å²) in [6.07, 6.45) is 0.441. The van der Waals surface area contributed by atoms with E-state index in [0.717, 1.165) is 5.69 Å². The van der Waals surface area contributed by atoms with Crippen molar-refractivity contribution in [3.8, 4) is 0 Å². The van der Waals surface area contributed by atoms with Crippen molar-refractivity contribution in [1.29, 1.82) is 0 Å². The highest BCUT2D eigenvalue weighted by atomic mass is 19.1. The highest BCUT2D eigenvalue weighted by Crippen LogP contribution is 2.18. The van der Waals surface area contributed by atoms with Crippen molar-refractivity contribution in [2.75, 3.05) is 24.6 Å². The average Bonchev–Trinajstić information content (AvgIpc) is 2.39. The predicted octanol–water partition coefficient (Wildman–Crippen LogP) is 2.32. The minimum Gasteiger partial charge on any atom is -0.465 e. The van der Waals surface area contributed by atoms with Gasteiger partial charge in [0.1, 0.15) is 11.4 Å². The number of nitrogens with zero attached hydrogens (tertiary/aromatic N) is 1. The van der Waals surface area contributed by atoms with Crippen molar-refractivity contribution in [3.63, 3.8) is 0 Å². The zero-order valence-corrected chi connectivity index (χ0v) is 12.4. The van der Waals surface area contributed by atoms with E-state index in [1.165, 1.54) is 12.1 Å². The number of benzene rings is 1. The molecule has 0 aliphatic rings. The number of carbonyl (C=O) groups is 1. The minimum absolute atomic E-state index is 0.276. The maximum Gasteiger partial charge on any atom is 0.325 e. The van der Waals surface area contributed by atoms with E-state index < -0.39 is 11.5 Å². The Morgan fingerprint density at radius 2 is 2.15 bits per heavy atom. The first-order chi connectivity index (χ1) is 9.40. The fourth-order valence-corrected chi connectivity index (χ4v) is 1.91. The Morgan fingerprint density at radius 1 is 1.45 bits per heavy atom. The Bertz CT molecular complexity index is 449. The molecule has 4 nitrogen and oxygen atoms in total. The second kappa shape index (κ2) is 7.24. The van der Waals surface area contributed by atoms with E-state index in [1.54, 1.807) is 19.9 Å². The Hall–Kier alpha value is -1.62. The second-order valence-corrected chi connectivity index (χ2v) is 4.95. The zero-order chi connectivity index (χ0) is 15.2. The molecular formula is C15H23FN2O2. The summed E-state index contributed by atoms with van der Waals surface area (Å²) in [6.45, 7) is 6.97. The molecule has 1 aromatic carbocycles. The van der Waals surface area contributed by atoms with E-state index in [4.69, 9.17) is 10.5 Å². The van der Waals surface area contributed by atoms with Crippen LogP contribution in [0.2, 0.25) is 0 Å². The first kappa shape index (κ1) is 16.4. The molecule has 1 rings (SSSR count). The van der Waals surface area contributed by atoms with E-state index in [-0.39, 0.29) is 5.82 Å². The van der Waals surface area contributed by atoms with Crippen molar-refractivity contribution < 1.29 is 13.9 Å². The molecule has 112 valence electrons. The zero-order valence-electron chi connectivity index (χ0n) is 12.4. The molecule has 0 spiro atoms. The lowest BCUT2D eigenvalue weighted by molar-refractivity contribution is -0.149. The fraction of sp³-hybridized carbons (Fsp3) is 0.533. The van der Waals surface area contributed by atoms with Crippen LogP contribution in [0.3, 0.4) is 0 Å². The van der Waals surface area contributed by atoms with Crippen LogP contribution in [0.5, 0.6) is 0 Å². The number of anilines is 1. The largest absolute Gasteiger partial charge is 0.465 e. The first-order valence-electron chi connectivity index (χ1n) is 6.87. The number of hydrogen-bond acceptors (Lipinski definition) is 4. The summed E-state index contributed by atoms with van der Waals surface area (Å²) < 4.78 is 18.2. The quantitative estimate of drug-likeness (QED) is 0.780. The highest BCUT2D eigenvalue weighted by molar-refractivity contribution is 5.80.